The molecule has 0 atom stereocenters. The molecule has 0 aliphatic heterocycles. The minimum atomic E-state index is 1.25. The van der Waals surface area contributed by atoms with E-state index in [9.17, 15) is 0 Å². The summed E-state index contributed by atoms with van der Waals surface area (Å²) in [6, 6.07) is 53.1. The number of benzene rings is 7. The van der Waals surface area contributed by atoms with Crippen LogP contribution in [0.15, 0.2) is 146 Å². The predicted octanol–water partition coefficient (Wildman–Crippen LogP) is 11.4. The quantitative estimate of drug-likeness (QED) is 0.207. The molecule has 8 rings (SSSR count). The van der Waals surface area contributed by atoms with Crippen LogP contribution in [-0.2, 0) is 0 Å². The van der Waals surface area contributed by atoms with Crippen LogP contribution in [0.4, 0.5) is 0 Å². The Morgan fingerprint density at radius 2 is 0.872 bits per heavy atom. The molecule has 0 saturated heterocycles. The summed E-state index contributed by atoms with van der Waals surface area (Å²) in [5.41, 5.74) is 7.64. The predicted molar refractivity (Wildman–Crippen MR) is 171 cm³/mol. The second-order valence-electron chi connectivity index (χ2n) is 10.1. The highest BCUT2D eigenvalue weighted by molar-refractivity contribution is 7.26. The molecule has 1 heteroatoms. The van der Waals surface area contributed by atoms with Crippen LogP contribution in [0.1, 0.15) is 0 Å². The van der Waals surface area contributed by atoms with Gasteiger partial charge in [-0.25, -0.2) is 0 Å². The third-order valence-electron chi connectivity index (χ3n) is 7.86. The van der Waals surface area contributed by atoms with E-state index in [1.807, 2.05) is 11.3 Å². The Hall–Kier alpha value is -4.72. The molecular formula is C38H24S. The maximum atomic E-state index is 2.43. The van der Waals surface area contributed by atoms with E-state index in [1.54, 1.807) is 0 Å². The Kier molecular flexibility index (Phi) is 5.11. The van der Waals surface area contributed by atoms with Crippen molar-refractivity contribution in [3.8, 4) is 33.4 Å². The van der Waals surface area contributed by atoms with E-state index in [4.69, 9.17) is 0 Å². The van der Waals surface area contributed by atoms with Crippen molar-refractivity contribution in [3.63, 3.8) is 0 Å². The van der Waals surface area contributed by atoms with Crippen LogP contribution >= 0.6 is 11.3 Å². The molecule has 0 spiro atoms. The molecule has 0 nitrogen and oxygen atoms in total. The van der Waals surface area contributed by atoms with E-state index in [2.05, 4.69) is 146 Å². The van der Waals surface area contributed by atoms with E-state index >= 15 is 0 Å². The molecule has 0 aliphatic rings. The highest BCUT2D eigenvalue weighted by atomic mass is 32.1. The molecule has 7 aromatic carbocycles. The van der Waals surface area contributed by atoms with Gasteiger partial charge in [-0.3, -0.25) is 0 Å². The average Bonchev–Trinajstić information content (AvgIpc) is 3.39. The van der Waals surface area contributed by atoms with Crippen molar-refractivity contribution >= 4 is 53.1 Å². The molecule has 1 heterocycles. The number of hydrogen-bond donors (Lipinski definition) is 0. The first-order chi connectivity index (χ1) is 19.4. The first-order valence-corrected chi connectivity index (χ1v) is 14.2. The van der Waals surface area contributed by atoms with Crippen LogP contribution < -0.4 is 0 Å². The lowest BCUT2D eigenvalue weighted by atomic mass is 9.85. The summed E-state index contributed by atoms with van der Waals surface area (Å²) in [5.74, 6) is 0. The first kappa shape index (κ1) is 22.3. The van der Waals surface area contributed by atoms with Crippen molar-refractivity contribution in [1.82, 2.24) is 0 Å². The summed E-state index contributed by atoms with van der Waals surface area (Å²) in [5, 5.41) is 7.81. The number of hydrogen-bond acceptors (Lipinski definition) is 1. The molecule has 0 amide bonds. The van der Waals surface area contributed by atoms with Gasteiger partial charge in [-0.2, -0.15) is 0 Å². The van der Waals surface area contributed by atoms with Crippen LogP contribution in [0.25, 0.3) is 75.1 Å². The topological polar surface area (TPSA) is 0 Å². The molecule has 0 fully saturated rings. The van der Waals surface area contributed by atoms with E-state index in [0.717, 1.165) is 0 Å². The minimum absolute atomic E-state index is 1.25. The molecule has 0 saturated carbocycles. The second kappa shape index (κ2) is 8.94. The van der Waals surface area contributed by atoms with E-state index in [0.29, 0.717) is 0 Å². The SMILES string of the molecule is c1ccc(-c2c3ccccc3c(-c3ccccc3)c3cc(-c4cccc5c4sc4ccccc45)ccc23)cc1. The van der Waals surface area contributed by atoms with Gasteiger partial charge in [0.2, 0.25) is 0 Å². The van der Waals surface area contributed by atoms with E-state index < -0.39 is 0 Å². The van der Waals surface area contributed by atoms with Crippen molar-refractivity contribution in [2.45, 2.75) is 0 Å². The zero-order valence-electron chi connectivity index (χ0n) is 21.3. The zero-order chi connectivity index (χ0) is 25.8. The van der Waals surface area contributed by atoms with Gasteiger partial charge in [0, 0.05) is 20.2 Å². The third kappa shape index (κ3) is 3.51. The summed E-state index contributed by atoms with van der Waals surface area (Å²) in [6.45, 7) is 0. The van der Waals surface area contributed by atoms with Crippen molar-refractivity contribution in [2.75, 3.05) is 0 Å². The molecule has 1 aromatic heterocycles. The lowest BCUT2D eigenvalue weighted by Crippen LogP contribution is -1.91. The minimum Gasteiger partial charge on any atom is -0.135 e. The van der Waals surface area contributed by atoms with Gasteiger partial charge in [0.25, 0.3) is 0 Å². The van der Waals surface area contributed by atoms with E-state index in [-0.39, 0.29) is 0 Å². The molecule has 0 aliphatic carbocycles. The average molecular weight is 513 g/mol. The third-order valence-corrected chi connectivity index (χ3v) is 9.08. The summed E-state index contributed by atoms with van der Waals surface area (Å²) >= 11 is 1.89. The number of thiophene rings is 1. The van der Waals surface area contributed by atoms with Crippen LogP contribution in [0.3, 0.4) is 0 Å². The van der Waals surface area contributed by atoms with Gasteiger partial charge in [-0.05, 0) is 67.1 Å². The van der Waals surface area contributed by atoms with Gasteiger partial charge < -0.3 is 0 Å². The first-order valence-electron chi connectivity index (χ1n) is 13.4. The van der Waals surface area contributed by atoms with Crippen LogP contribution in [0.5, 0.6) is 0 Å². The summed E-state index contributed by atoms with van der Waals surface area (Å²) in [7, 11) is 0. The molecule has 0 unspecified atom stereocenters. The Labute approximate surface area is 231 Å². The Balaban J connectivity index is 1.51. The van der Waals surface area contributed by atoms with Crippen LogP contribution in [0.2, 0.25) is 0 Å². The highest BCUT2D eigenvalue weighted by Gasteiger charge is 2.18. The molecule has 0 bridgehead atoms. The Bertz CT molecular complexity index is 2150. The fourth-order valence-corrected chi connectivity index (χ4v) is 7.39. The standard InChI is InChI=1S/C38H24S/c1-3-12-25(13-4-1)36-30-17-7-8-18-31(30)37(26-14-5-2-6-15-26)34-24-27(22-23-32(34)36)28-19-11-20-33-29-16-9-10-21-35(29)39-38(28)33/h1-24H. The summed E-state index contributed by atoms with van der Waals surface area (Å²) < 4.78 is 2.69. The van der Waals surface area contributed by atoms with Gasteiger partial charge in [-0.1, -0.05) is 133 Å². The highest BCUT2D eigenvalue weighted by Crippen LogP contribution is 2.46. The Morgan fingerprint density at radius 1 is 0.333 bits per heavy atom. The second-order valence-corrected chi connectivity index (χ2v) is 11.1. The van der Waals surface area contributed by atoms with Gasteiger partial charge in [-0.15, -0.1) is 11.3 Å². The normalized spacial score (nSPS) is 11.6. The van der Waals surface area contributed by atoms with Gasteiger partial charge in [0.05, 0.1) is 0 Å². The number of fused-ring (bicyclic) bond motifs is 5. The van der Waals surface area contributed by atoms with Crippen molar-refractivity contribution < 1.29 is 0 Å². The van der Waals surface area contributed by atoms with E-state index in [1.165, 1.54) is 75.1 Å². The smallest absolute Gasteiger partial charge is 0.0433 e. The lowest BCUT2D eigenvalue weighted by Gasteiger charge is -2.18. The summed E-state index contributed by atoms with van der Waals surface area (Å²) in [6.07, 6.45) is 0. The molecular weight excluding hydrogens is 488 g/mol. The zero-order valence-corrected chi connectivity index (χ0v) is 22.1. The fraction of sp³-hybridized carbons (Fsp3) is 0. The molecule has 182 valence electrons. The van der Waals surface area contributed by atoms with Crippen molar-refractivity contribution in [2.24, 2.45) is 0 Å². The van der Waals surface area contributed by atoms with Crippen molar-refractivity contribution in [3.05, 3.63) is 146 Å². The maximum absolute atomic E-state index is 2.43. The Morgan fingerprint density at radius 3 is 1.56 bits per heavy atom. The monoisotopic (exact) mass is 512 g/mol. The molecule has 0 N–H and O–H groups in total. The molecule has 39 heavy (non-hydrogen) atoms. The summed E-state index contributed by atoms with van der Waals surface area (Å²) in [4.78, 5) is 0. The van der Waals surface area contributed by atoms with Gasteiger partial charge in [0.15, 0.2) is 0 Å². The van der Waals surface area contributed by atoms with Crippen LogP contribution in [-0.4, -0.2) is 0 Å². The molecule has 0 radical (unpaired) electrons. The van der Waals surface area contributed by atoms with Crippen LogP contribution in [0, 0.1) is 0 Å². The maximum Gasteiger partial charge on any atom is 0.0433 e. The van der Waals surface area contributed by atoms with Gasteiger partial charge >= 0.3 is 0 Å². The molecule has 8 aromatic rings. The largest absolute Gasteiger partial charge is 0.135 e. The lowest BCUT2D eigenvalue weighted by molar-refractivity contribution is 1.64. The van der Waals surface area contributed by atoms with Gasteiger partial charge in [0.1, 0.15) is 0 Å². The van der Waals surface area contributed by atoms with Crippen molar-refractivity contribution in [1.29, 1.82) is 0 Å². The fourth-order valence-electron chi connectivity index (χ4n) is 6.15. The number of rotatable bonds is 3.